The van der Waals surface area contributed by atoms with Crippen LogP contribution in [0.15, 0.2) is 15.6 Å². The van der Waals surface area contributed by atoms with Gasteiger partial charge in [0.05, 0.1) is 12.4 Å². The summed E-state index contributed by atoms with van der Waals surface area (Å²) in [6.45, 7) is 11.7. The molecule has 1 rings (SSSR count). The van der Waals surface area contributed by atoms with Crippen LogP contribution in [0, 0.1) is 5.92 Å². The average molecular weight is 282 g/mol. The number of hydrogen-bond acceptors (Lipinski definition) is 4. The number of oxazole rings is 1. The number of aliphatic imine (C=N–C) groups is 1. The first kappa shape index (κ1) is 16.3. The summed E-state index contributed by atoms with van der Waals surface area (Å²) < 4.78 is 5.64. The second-order valence-electron chi connectivity index (χ2n) is 6.17. The average Bonchev–Trinajstić information content (AvgIpc) is 2.75. The zero-order chi connectivity index (χ0) is 14.3. The molecule has 1 heterocycles. The molecule has 0 atom stereocenters. The Morgan fingerprint density at radius 2 is 2.16 bits per heavy atom. The summed E-state index contributed by atoms with van der Waals surface area (Å²) in [7, 11) is 0. The maximum Gasteiger partial charge on any atom is 0.237 e. The minimum atomic E-state index is 0.00652. The molecule has 0 aliphatic heterocycles. The van der Waals surface area contributed by atoms with Crippen molar-refractivity contribution in [3.05, 3.63) is 17.8 Å². The molecule has 0 fully saturated rings. The molecule has 0 spiro atoms. The molecule has 0 aromatic carbocycles. The van der Waals surface area contributed by atoms with Gasteiger partial charge >= 0.3 is 0 Å². The summed E-state index contributed by atoms with van der Waals surface area (Å²) in [5.74, 6) is 4.70. The standard InChI is InChI=1S/C15H26N2OS/c1-12(2)11-19-8-6-7-16-10-14-17-9-13(18-14)15(3,4)5/h9-10,12H,6-8,11H2,1-5H3. The topological polar surface area (TPSA) is 38.4 Å². The Bertz CT molecular complexity index is 391. The molecule has 19 heavy (non-hydrogen) atoms. The van der Waals surface area contributed by atoms with Crippen molar-refractivity contribution in [2.75, 3.05) is 18.1 Å². The van der Waals surface area contributed by atoms with E-state index < -0.39 is 0 Å². The van der Waals surface area contributed by atoms with E-state index >= 15 is 0 Å². The maximum atomic E-state index is 5.64. The quantitative estimate of drug-likeness (QED) is 0.556. The van der Waals surface area contributed by atoms with Gasteiger partial charge in [0.15, 0.2) is 0 Å². The predicted molar refractivity (Wildman–Crippen MR) is 84.4 cm³/mol. The van der Waals surface area contributed by atoms with Gasteiger partial charge in [-0.05, 0) is 23.8 Å². The summed E-state index contributed by atoms with van der Waals surface area (Å²) in [6, 6.07) is 0. The van der Waals surface area contributed by atoms with E-state index in [0.29, 0.717) is 5.89 Å². The van der Waals surface area contributed by atoms with Gasteiger partial charge in [-0.15, -0.1) is 0 Å². The molecule has 0 aliphatic carbocycles. The lowest BCUT2D eigenvalue weighted by Gasteiger charge is -2.12. The number of thioether (sulfide) groups is 1. The third-order valence-corrected chi connectivity index (χ3v) is 3.97. The fraction of sp³-hybridized carbons (Fsp3) is 0.733. The van der Waals surface area contributed by atoms with E-state index in [4.69, 9.17) is 4.42 Å². The Labute approximate surface area is 121 Å². The van der Waals surface area contributed by atoms with E-state index in [0.717, 1.165) is 24.6 Å². The first-order valence-electron chi connectivity index (χ1n) is 6.93. The normalized spacial score (nSPS) is 12.7. The Hall–Kier alpha value is -0.770. The van der Waals surface area contributed by atoms with Gasteiger partial charge < -0.3 is 4.42 Å². The van der Waals surface area contributed by atoms with E-state index in [-0.39, 0.29) is 5.41 Å². The van der Waals surface area contributed by atoms with Crippen molar-refractivity contribution in [3.63, 3.8) is 0 Å². The van der Waals surface area contributed by atoms with E-state index in [1.165, 1.54) is 11.5 Å². The van der Waals surface area contributed by atoms with E-state index in [1.807, 2.05) is 11.8 Å². The van der Waals surface area contributed by atoms with Gasteiger partial charge in [-0.25, -0.2) is 4.98 Å². The summed E-state index contributed by atoms with van der Waals surface area (Å²) in [5.41, 5.74) is 0.00652. The van der Waals surface area contributed by atoms with Crippen LogP contribution in [0.2, 0.25) is 0 Å². The van der Waals surface area contributed by atoms with Gasteiger partial charge in [0.1, 0.15) is 5.76 Å². The molecule has 0 aliphatic rings. The zero-order valence-electron chi connectivity index (χ0n) is 12.8. The third kappa shape index (κ3) is 6.81. The second-order valence-corrected chi connectivity index (χ2v) is 7.32. The minimum Gasteiger partial charge on any atom is -0.440 e. The summed E-state index contributed by atoms with van der Waals surface area (Å²) in [5, 5.41) is 0. The molecule has 0 saturated heterocycles. The minimum absolute atomic E-state index is 0.00652. The van der Waals surface area contributed by atoms with Gasteiger partial charge in [-0.2, -0.15) is 11.8 Å². The van der Waals surface area contributed by atoms with Gasteiger partial charge in [-0.3, -0.25) is 4.99 Å². The lowest BCUT2D eigenvalue weighted by molar-refractivity contribution is 0.404. The molecule has 0 amide bonds. The Morgan fingerprint density at radius 3 is 2.74 bits per heavy atom. The highest BCUT2D eigenvalue weighted by atomic mass is 32.2. The van der Waals surface area contributed by atoms with Crippen LogP contribution in [0.1, 0.15) is 52.7 Å². The first-order valence-corrected chi connectivity index (χ1v) is 8.09. The molecule has 108 valence electrons. The maximum absolute atomic E-state index is 5.64. The van der Waals surface area contributed by atoms with Crippen molar-refractivity contribution in [1.82, 2.24) is 4.98 Å². The fourth-order valence-corrected chi connectivity index (χ4v) is 2.38. The van der Waals surface area contributed by atoms with Crippen molar-refractivity contribution >= 4 is 18.0 Å². The van der Waals surface area contributed by atoms with E-state index in [1.54, 1.807) is 12.4 Å². The number of rotatable bonds is 7. The van der Waals surface area contributed by atoms with Gasteiger partial charge in [0.2, 0.25) is 5.89 Å². The molecule has 0 radical (unpaired) electrons. The molecule has 0 N–H and O–H groups in total. The number of nitrogens with zero attached hydrogens (tertiary/aromatic N) is 2. The van der Waals surface area contributed by atoms with Crippen LogP contribution in [-0.4, -0.2) is 29.2 Å². The lowest BCUT2D eigenvalue weighted by atomic mass is 9.94. The van der Waals surface area contributed by atoms with Crippen LogP contribution in [0.3, 0.4) is 0 Å². The van der Waals surface area contributed by atoms with E-state index in [9.17, 15) is 0 Å². The smallest absolute Gasteiger partial charge is 0.237 e. The molecule has 3 nitrogen and oxygen atoms in total. The molecule has 0 unspecified atom stereocenters. The van der Waals surface area contributed by atoms with Crippen LogP contribution in [0.5, 0.6) is 0 Å². The highest BCUT2D eigenvalue weighted by molar-refractivity contribution is 7.99. The summed E-state index contributed by atoms with van der Waals surface area (Å²) >= 11 is 2.00. The number of hydrogen-bond donors (Lipinski definition) is 0. The number of aromatic nitrogens is 1. The molecule has 0 saturated carbocycles. The highest BCUT2D eigenvalue weighted by Crippen LogP contribution is 2.22. The van der Waals surface area contributed by atoms with Crippen molar-refractivity contribution in [1.29, 1.82) is 0 Å². The highest BCUT2D eigenvalue weighted by Gasteiger charge is 2.18. The van der Waals surface area contributed by atoms with Gasteiger partial charge in [0.25, 0.3) is 0 Å². The van der Waals surface area contributed by atoms with Crippen molar-refractivity contribution in [3.8, 4) is 0 Å². The second kappa shape index (κ2) is 7.73. The van der Waals surface area contributed by atoms with Crippen LogP contribution in [0.25, 0.3) is 0 Å². The van der Waals surface area contributed by atoms with E-state index in [2.05, 4.69) is 44.6 Å². The van der Waals surface area contributed by atoms with Crippen LogP contribution < -0.4 is 0 Å². The van der Waals surface area contributed by atoms with Crippen LogP contribution in [-0.2, 0) is 5.41 Å². The van der Waals surface area contributed by atoms with Gasteiger partial charge in [0, 0.05) is 12.0 Å². The van der Waals surface area contributed by atoms with Crippen LogP contribution in [0.4, 0.5) is 0 Å². The Balaban J connectivity index is 2.24. The molecule has 1 aromatic heterocycles. The SMILES string of the molecule is CC(C)CSCCCN=Cc1ncc(C(C)(C)C)o1. The largest absolute Gasteiger partial charge is 0.440 e. The van der Waals surface area contributed by atoms with Gasteiger partial charge in [-0.1, -0.05) is 34.6 Å². The van der Waals surface area contributed by atoms with Crippen molar-refractivity contribution in [2.45, 2.75) is 46.5 Å². The summed E-state index contributed by atoms with van der Waals surface area (Å²) in [6.07, 6.45) is 4.64. The molecule has 1 aromatic rings. The first-order chi connectivity index (χ1) is 8.89. The zero-order valence-corrected chi connectivity index (χ0v) is 13.6. The molecular weight excluding hydrogens is 256 g/mol. The van der Waals surface area contributed by atoms with Crippen molar-refractivity contribution in [2.24, 2.45) is 10.9 Å². The Morgan fingerprint density at radius 1 is 1.42 bits per heavy atom. The predicted octanol–water partition coefficient (Wildman–Crippen LogP) is 4.17. The third-order valence-electron chi connectivity index (χ3n) is 2.49. The van der Waals surface area contributed by atoms with Crippen LogP contribution >= 0.6 is 11.8 Å². The fourth-order valence-electron chi connectivity index (χ4n) is 1.41. The molecule has 0 bridgehead atoms. The van der Waals surface area contributed by atoms with Crippen molar-refractivity contribution < 1.29 is 4.42 Å². The Kier molecular flexibility index (Phi) is 6.63. The molecule has 4 heteroatoms. The summed E-state index contributed by atoms with van der Waals surface area (Å²) in [4.78, 5) is 8.58. The molecular formula is C15H26N2OS. The monoisotopic (exact) mass is 282 g/mol. The lowest BCUT2D eigenvalue weighted by Crippen LogP contribution is -2.09.